The summed E-state index contributed by atoms with van der Waals surface area (Å²) in [6.45, 7) is 6.67. The summed E-state index contributed by atoms with van der Waals surface area (Å²) in [6.07, 6.45) is 2.44. The molecule has 0 aliphatic heterocycles. The van der Waals surface area contributed by atoms with Crippen LogP contribution in [-0.2, 0) is 0 Å². The van der Waals surface area contributed by atoms with E-state index in [1.807, 2.05) is 0 Å². The Balaban J connectivity index is 2.30. The standard InChI is InChI=1S/C14H21N/c1-9-4-5-12(10(2)8-9)13-6-7-14(15)11(13)3/h4-5,8,11,13-14H,6-7,15H2,1-3H3. The average molecular weight is 203 g/mol. The van der Waals surface area contributed by atoms with Crippen LogP contribution < -0.4 is 5.73 Å². The second-order valence-corrected chi connectivity index (χ2v) is 5.07. The van der Waals surface area contributed by atoms with E-state index in [1.54, 1.807) is 0 Å². The Labute approximate surface area is 92.7 Å². The van der Waals surface area contributed by atoms with Crippen LogP contribution in [0.15, 0.2) is 18.2 Å². The van der Waals surface area contributed by atoms with Crippen molar-refractivity contribution in [2.75, 3.05) is 0 Å². The number of nitrogens with two attached hydrogens (primary N) is 1. The predicted molar refractivity (Wildman–Crippen MR) is 65.0 cm³/mol. The lowest BCUT2D eigenvalue weighted by atomic mass is 9.86. The number of benzene rings is 1. The van der Waals surface area contributed by atoms with Gasteiger partial charge in [0.05, 0.1) is 0 Å². The third-order valence-electron chi connectivity index (χ3n) is 3.95. The molecule has 1 heteroatoms. The van der Waals surface area contributed by atoms with E-state index in [2.05, 4.69) is 39.0 Å². The zero-order valence-electron chi connectivity index (χ0n) is 9.96. The Morgan fingerprint density at radius 1 is 1.20 bits per heavy atom. The molecule has 1 saturated carbocycles. The molecular weight excluding hydrogens is 182 g/mol. The first-order chi connectivity index (χ1) is 7.09. The molecule has 0 heterocycles. The number of hydrogen-bond donors (Lipinski definition) is 1. The van der Waals surface area contributed by atoms with Crippen molar-refractivity contribution >= 4 is 0 Å². The molecule has 0 aromatic heterocycles. The highest BCUT2D eigenvalue weighted by molar-refractivity contribution is 5.34. The van der Waals surface area contributed by atoms with E-state index in [0.29, 0.717) is 17.9 Å². The summed E-state index contributed by atoms with van der Waals surface area (Å²) >= 11 is 0. The quantitative estimate of drug-likeness (QED) is 0.745. The number of aryl methyl sites for hydroxylation is 2. The van der Waals surface area contributed by atoms with Crippen molar-refractivity contribution in [3.8, 4) is 0 Å². The molecule has 1 aromatic rings. The first-order valence-corrected chi connectivity index (χ1v) is 5.92. The SMILES string of the molecule is Cc1ccc(C2CCC(N)C2C)c(C)c1. The van der Waals surface area contributed by atoms with Crippen LogP contribution in [0.25, 0.3) is 0 Å². The molecule has 1 aromatic carbocycles. The van der Waals surface area contributed by atoms with Crippen molar-refractivity contribution in [1.29, 1.82) is 0 Å². The van der Waals surface area contributed by atoms with Gasteiger partial charge in [0.2, 0.25) is 0 Å². The molecule has 3 atom stereocenters. The smallest absolute Gasteiger partial charge is 0.00705 e. The van der Waals surface area contributed by atoms with Crippen molar-refractivity contribution in [2.45, 2.75) is 45.6 Å². The molecule has 1 fully saturated rings. The van der Waals surface area contributed by atoms with Crippen LogP contribution in [0.4, 0.5) is 0 Å². The van der Waals surface area contributed by atoms with Crippen LogP contribution in [0.2, 0.25) is 0 Å². The van der Waals surface area contributed by atoms with Gasteiger partial charge in [0.25, 0.3) is 0 Å². The lowest BCUT2D eigenvalue weighted by Crippen LogP contribution is -2.24. The fourth-order valence-corrected chi connectivity index (χ4v) is 2.88. The van der Waals surface area contributed by atoms with Crippen LogP contribution >= 0.6 is 0 Å². The van der Waals surface area contributed by atoms with Crippen LogP contribution in [0.1, 0.15) is 42.4 Å². The Bertz CT molecular complexity index is 356. The maximum Gasteiger partial charge on any atom is 0.00705 e. The van der Waals surface area contributed by atoms with Gasteiger partial charge in [-0.1, -0.05) is 30.7 Å². The van der Waals surface area contributed by atoms with Gasteiger partial charge in [-0.05, 0) is 49.7 Å². The lowest BCUT2D eigenvalue weighted by molar-refractivity contribution is 0.478. The fraction of sp³-hybridized carbons (Fsp3) is 0.571. The Hall–Kier alpha value is -0.820. The molecule has 1 aliphatic rings. The van der Waals surface area contributed by atoms with Crippen molar-refractivity contribution in [2.24, 2.45) is 11.7 Å². The third kappa shape index (κ3) is 1.93. The van der Waals surface area contributed by atoms with E-state index < -0.39 is 0 Å². The highest BCUT2D eigenvalue weighted by Crippen LogP contribution is 2.39. The molecule has 2 N–H and O–H groups in total. The minimum atomic E-state index is 0.399. The molecule has 3 unspecified atom stereocenters. The summed E-state index contributed by atoms with van der Waals surface area (Å²) in [7, 11) is 0. The molecule has 0 spiro atoms. The van der Waals surface area contributed by atoms with E-state index in [0.717, 1.165) is 0 Å². The summed E-state index contributed by atoms with van der Waals surface area (Å²) in [5.74, 6) is 1.31. The second-order valence-electron chi connectivity index (χ2n) is 5.07. The second kappa shape index (κ2) is 3.97. The third-order valence-corrected chi connectivity index (χ3v) is 3.95. The van der Waals surface area contributed by atoms with Crippen molar-refractivity contribution in [1.82, 2.24) is 0 Å². The molecule has 2 rings (SSSR count). The Kier molecular flexibility index (Phi) is 2.83. The van der Waals surface area contributed by atoms with Crippen molar-refractivity contribution in [3.05, 3.63) is 34.9 Å². The van der Waals surface area contributed by atoms with Gasteiger partial charge in [0.1, 0.15) is 0 Å². The molecule has 15 heavy (non-hydrogen) atoms. The monoisotopic (exact) mass is 203 g/mol. The predicted octanol–water partition coefficient (Wildman–Crippen LogP) is 3.14. The molecular formula is C14H21N. The average Bonchev–Trinajstić information content (AvgIpc) is 2.49. The molecule has 0 saturated heterocycles. The van der Waals surface area contributed by atoms with Gasteiger partial charge in [-0.3, -0.25) is 0 Å². The Morgan fingerprint density at radius 2 is 1.93 bits per heavy atom. The minimum absolute atomic E-state index is 0.399. The van der Waals surface area contributed by atoms with Gasteiger partial charge in [-0.15, -0.1) is 0 Å². The van der Waals surface area contributed by atoms with Gasteiger partial charge < -0.3 is 5.73 Å². The normalized spacial score (nSPS) is 30.8. The van der Waals surface area contributed by atoms with Gasteiger partial charge in [0, 0.05) is 6.04 Å². The van der Waals surface area contributed by atoms with E-state index in [4.69, 9.17) is 5.73 Å². The van der Waals surface area contributed by atoms with E-state index in [9.17, 15) is 0 Å². The zero-order valence-corrected chi connectivity index (χ0v) is 9.96. The van der Waals surface area contributed by atoms with Crippen LogP contribution in [0.3, 0.4) is 0 Å². The summed E-state index contributed by atoms with van der Waals surface area (Å²) in [5, 5.41) is 0. The summed E-state index contributed by atoms with van der Waals surface area (Å²) in [6, 6.07) is 7.20. The van der Waals surface area contributed by atoms with Gasteiger partial charge in [-0.25, -0.2) is 0 Å². The fourth-order valence-electron chi connectivity index (χ4n) is 2.88. The molecule has 1 aliphatic carbocycles. The summed E-state index contributed by atoms with van der Waals surface area (Å²) < 4.78 is 0. The molecule has 0 radical (unpaired) electrons. The number of hydrogen-bond acceptors (Lipinski definition) is 1. The summed E-state index contributed by atoms with van der Waals surface area (Å²) in [4.78, 5) is 0. The van der Waals surface area contributed by atoms with Gasteiger partial charge in [-0.2, -0.15) is 0 Å². The largest absolute Gasteiger partial charge is 0.327 e. The minimum Gasteiger partial charge on any atom is -0.327 e. The maximum absolute atomic E-state index is 6.09. The zero-order chi connectivity index (χ0) is 11.0. The van der Waals surface area contributed by atoms with E-state index in [1.165, 1.54) is 29.5 Å². The van der Waals surface area contributed by atoms with Crippen LogP contribution in [0.5, 0.6) is 0 Å². The molecule has 82 valence electrons. The van der Waals surface area contributed by atoms with Crippen molar-refractivity contribution in [3.63, 3.8) is 0 Å². The molecule has 1 nitrogen and oxygen atoms in total. The van der Waals surface area contributed by atoms with Crippen LogP contribution in [0, 0.1) is 19.8 Å². The molecule has 0 bridgehead atoms. The Morgan fingerprint density at radius 3 is 2.47 bits per heavy atom. The van der Waals surface area contributed by atoms with Crippen LogP contribution in [-0.4, -0.2) is 6.04 Å². The first-order valence-electron chi connectivity index (χ1n) is 5.92. The van der Waals surface area contributed by atoms with Gasteiger partial charge >= 0.3 is 0 Å². The summed E-state index contributed by atoms with van der Waals surface area (Å²) in [5.41, 5.74) is 10.4. The van der Waals surface area contributed by atoms with E-state index in [-0.39, 0.29) is 0 Å². The maximum atomic E-state index is 6.09. The number of rotatable bonds is 1. The molecule has 0 amide bonds. The van der Waals surface area contributed by atoms with E-state index >= 15 is 0 Å². The lowest BCUT2D eigenvalue weighted by Gasteiger charge is -2.20. The van der Waals surface area contributed by atoms with Gasteiger partial charge in [0.15, 0.2) is 0 Å². The van der Waals surface area contributed by atoms with Crippen molar-refractivity contribution < 1.29 is 0 Å². The topological polar surface area (TPSA) is 26.0 Å². The highest BCUT2D eigenvalue weighted by atomic mass is 14.7. The highest BCUT2D eigenvalue weighted by Gasteiger charge is 2.31. The first kappa shape index (κ1) is 10.7.